The van der Waals surface area contributed by atoms with Crippen LogP contribution in [0, 0.1) is 0 Å². The molecule has 1 aromatic carbocycles. The summed E-state index contributed by atoms with van der Waals surface area (Å²) < 4.78 is 10.9. The lowest BCUT2D eigenvalue weighted by Crippen LogP contribution is -2.44. The van der Waals surface area contributed by atoms with Gasteiger partial charge in [0.25, 0.3) is 5.91 Å². The van der Waals surface area contributed by atoms with Crippen LogP contribution in [0.15, 0.2) is 48.7 Å². The third kappa shape index (κ3) is 3.32. The van der Waals surface area contributed by atoms with Crippen LogP contribution in [0.4, 0.5) is 5.69 Å². The molecule has 0 saturated carbocycles. The summed E-state index contributed by atoms with van der Waals surface area (Å²) in [6.45, 7) is 2.80. The Morgan fingerprint density at radius 1 is 1.18 bits per heavy atom. The maximum absolute atomic E-state index is 12.3. The Morgan fingerprint density at radius 2 is 1.95 bits per heavy atom. The van der Waals surface area contributed by atoms with Crippen LogP contribution in [0.25, 0.3) is 11.3 Å². The Morgan fingerprint density at radius 3 is 2.73 bits per heavy atom. The van der Waals surface area contributed by atoms with E-state index >= 15 is 0 Å². The molecule has 1 aliphatic rings. The van der Waals surface area contributed by atoms with E-state index in [2.05, 4.69) is 10.3 Å². The molecule has 1 aromatic heterocycles. The zero-order valence-corrected chi connectivity index (χ0v) is 12.4. The van der Waals surface area contributed by atoms with Crippen molar-refractivity contribution in [3.05, 3.63) is 48.7 Å². The van der Waals surface area contributed by atoms with E-state index in [9.17, 15) is 4.79 Å². The lowest BCUT2D eigenvalue weighted by molar-refractivity contribution is -0.157. The van der Waals surface area contributed by atoms with Gasteiger partial charge in [-0.1, -0.05) is 30.3 Å². The second kappa shape index (κ2) is 6.68. The highest BCUT2D eigenvalue weighted by Crippen LogP contribution is 2.20. The van der Waals surface area contributed by atoms with E-state index in [1.165, 1.54) is 0 Å². The molecule has 0 spiro atoms. The fourth-order valence-electron chi connectivity index (χ4n) is 2.41. The van der Waals surface area contributed by atoms with E-state index in [1.807, 2.05) is 43.3 Å². The number of ether oxygens (including phenoxy) is 2. The molecule has 1 fully saturated rings. The van der Waals surface area contributed by atoms with Crippen molar-refractivity contribution in [1.29, 1.82) is 0 Å². The minimum atomic E-state index is -0.581. The van der Waals surface area contributed by atoms with Gasteiger partial charge in [0.15, 0.2) is 6.10 Å². The van der Waals surface area contributed by atoms with Crippen LogP contribution in [0.2, 0.25) is 0 Å². The molecule has 1 aliphatic heterocycles. The fraction of sp³-hybridized carbons (Fsp3) is 0.294. The number of nitrogens with zero attached hydrogens (tertiary/aromatic N) is 1. The SMILES string of the molecule is C[C@@H]1OCCO[C@@H]1C(=O)Nc1ccnc(-c2ccccc2)c1. The Kier molecular flexibility index (Phi) is 4.46. The third-order valence-electron chi connectivity index (χ3n) is 3.54. The van der Waals surface area contributed by atoms with Crippen molar-refractivity contribution >= 4 is 11.6 Å². The van der Waals surface area contributed by atoms with Gasteiger partial charge in [0.1, 0.15) is 0 Å². The van der Waals surface area contributed by atoms with E-state index < -0.39 is 6.10 Å². The maximum Gasteiger partial charge on any atom is 0.256 e. The Labute approximate surface area is 129 Å². The summed E-state index contributed by atoms with van der Waals surface area (Å²) in [6, 6.07) is 13.4. The Balaban J connectivity index is 1.74. The van der Waals surface area contributed by atoms with E-state index in [4.69, 9.17) is 9.47 Å². The first kappa shape index (κ1) is 14.7. The fourth-order valence-corrected chi connectivity index (χ4v) is 2.41. The summed E-state index contributed by atoms with van der Waals surface area (Å²) in [4.78, 5) is 16.6. The van der Waals surface area contributed by atoms with E-state index in [-0.39, 0.29) is 12.0 Å². The minimum absolute atomic E-state index is 0.197. The molecule has 0 aliphatic carbocycles. The highest BCUT2D eigenvalue weighted by atomic mass is 16.6. The van der Waals surface area contributed by atoms with E-state index in [0.29, 0.717) is 18.9 Å². The van der Waals surface area contributed by atoms with Gasteiger partial charge in [0.05, 0.1) is 25.0 Å². The normalized spacial score (nSPS) is 21.3. The molecule has 0 unspecified atom stereocenters. The first-order valence-corrected chi connectivity index (χ1v) is 7.29. The lowest BCUT2D eigenvalue weighted by Gasteiger charge is -2.28. The molecular weight excluding hydrogens is 280 g/mol. The molecule has 114 valence electrons. The average molecular weight is 298 g/mol. The summed E-state index contributed by atoms with van der Waals surface area (Å²) in [7, 11) is 0. The molecule has 1 N–H and O–H groups in total. The third-order valence-corrected chi connectivity index (χ3v) is 3.54. The second-order valence-electron chi connectivity index (χ2n) is 5.15. The zero-order chi connectivity index (χ0) is 15.4. The van der Waals surface area contributed by atoms with Gasteiger partial charge in [0, 0.05) is 17.4 Å². The highest BCUT2D eigenvalue weighted by molar-refractivity contribution is 5.95. The number of nitrogens with one attached hydrogen (secondary N) is 1. The summed E-state index contributed by atoms with van der Waals surface area (Å²) in [5.74, 6) is -0.197. The number of carbonyl (C=O) groups excluding carboxylic acids is 1. The largest absolute Gasteiger partial charge is 0.373 e. The zero-order valence-electron chi connectivity index (χ0n) is 12.4. The number of pyridine rings is 1. The van der Waals surface area contributed by atoms with Gasteiger partial charge < -0.3 is 14.8 Å². The van der Waals surface area contributed by atoms with Crippen LogP contribution >= 0.6 is 0 Å². The molecule has 0 bridgehead atoms. The highest BCUT2D eigenvalue weighted by Gasteiger charge is 2.29. The van der Waals surface area contributed by atoms with Gasteiger partial charge in [-0.05, 0) is 19.1 Å². The van der Waals surface area contributed by atoms with Crippen molar-refractivity contribution < 1.29 is 14.3 Å². The second-order valence-corrected chi connectivity index (χ2v) is 5.15. The predicted octanol–water partition coefficient (Wildman–Crippen LogP) is 2.49. The monoisotopic (exact) mass is 298 g/mol. The van der Waals surface area contributed by atoms with Crippen molar-refractivity contribution in [3.8, 4) is 11.3 Å². The van der Waals surface area contributed by atoms with Crippen molar-refractivity contribution in [2.24, 2.45) is 0 Å². The Hall–Kier alpha value is -2.24. The first-order valence-electron chi connectivity index (χ1n) is 7.29. The number of aromatic nitrogens is 1. The molecule has 2 atom stereocenters. The maximum atomic E-state index is 12.3. The van der Waals surface area contributed by atoms with Gasteiger partial charge >= 0.3 is 0 Å². The van der Waals surface area contributed by atoms with Gasteiger partial charge in [-0.15, -0.1) is 0 Å². The molecule has 1 amide bonds. The number of carbonyl (C=O) groups is 1. The summed E-state index contributed by atoms with van der Waals surface area (Å²) >= 11 is 0. The molecule has 5 nitrogen and oxygen atoms in total. The molecule has 0 radical (unpaired) electrons. The van der Waals surface area contributed by atoms with Crippen LogP contribution in [0.5, 0.6) is 0 Å². The number of hydrogen-bond donors (Lipinski definition) is 1. The van der Waals surface area contributed by atoms with Crippen LogP contribution in [0.3, 0.4) is 0 Å². The van der Waals surface area contributed by atoms with Gasteiger partial charge in [-0.2, -0.15) is 0 Å². The summed E-state index contributed by atoms with van der Waals surface area (Å²) in [6.07, 6.45) is 0.853. The van der Waals surface area contributed by atoms with E-state index in [0.717, 1.165) is 11.3 Å². The quantitative estimate of drug-likeness (QED) is 0.945. The van der Waals surface area contributed by atoms with Crippen LogP contribution in [-0.4, -0.2) is 36.3 Å². The van der Waals surface area contributed by atoms with Crippen LogP contribution in [0.1, 0.15) is 6.92 Å². The lowest BCUT2D eigenvalue weighted by atomic mass is 10.1. The van der Waals surface area contributed by atoms with Gasteiger partial charge in [-0.3, -0.25) is 9.78 Å². The number of rotatable bonds is 3. The van der Waals surface area contributed by atoms with Crippen molar-refractivity contribution in [1.82, 2.24) is 4.98 Å². The van der Waals surface area contributed by atoms with Crippen molar-refractivity contribution in [2.75, 3.05) is 18.5 Å². The summed E-state index contributed by atoms with van der Waals surface area (Å²) in [5.41, 5.74) is 2.51. The Bertz CT molecular complexity index is 645. The molecule has 5 heteroatoms. The first-order chi connectivity index (χ1) is 10.7. The topological polar surface area (TPSA) is 60.5 Å². The van der Waals surface area contributed by atoms with E-state index in [1.54, 1.807) is 12.3 Å². The molecule has 2 aromatic rings. The van der Waals surface area contributed by atoms with Crippen molar-refractivity contribution in [3.63, 3.8) is 0 Å². The number of anilines is 1. The molecular formula is C17H18N2O3. The minimum Gasteiger partial charge on any atom is -0.373 e. The molecule has 2 heterocycles. The molecule has 22 heavy (non-hydrogen) atoms. The van der Waals surface area contributed by atoms with Crippen molar-refractivity contribution in [2.45, 2.75) is 19.1 Å². The van der Waals surface area contributed by atoms with Crippen LogP contribution in [-0.2, 0) is 14.3 Å². The van der Waals surface area contributed by atoms with Gasteiger partial charge in [-0.25, -0.2) is 0 Å². The smallest absolute Gasteiger partial charge is 0.256 e. The standard InChI is InChI=1S/C17H18N2O3/c1-12-16(22-10-9-21-12)17(20)19-14-7-8-18-15(11-14)13-5-3-2-4-6-13/h2-8,11-12,16H,9-10H2,1H3,(H,18,19,20)/t12-,16-/m0/s1. The molecule has 3 rings (SSSR count). The number of hydrogen-bond acceptors (Lipinski definition) is 4. The average Bonchev–Trinajstić information content (AvgIpc) is 2.56. The van der Waals surface area contributed by atoms with Crippen LogP contribution < -0.4 is 5.32 Å². The predicted molar refractivity (Wildman–Crippen MR) is 83.5 cm³/mol. The molecule has 1 saturated heterocycles. The number of amides is 1. The number of benzene rings is 1. The summed E-state index contributed by atoms with van der Waals surface area (Å²) in [5, 5.41) is 2.87. The van der Waals surface area contributed by atoms with Gasteiger partial charge in [0.2, 0.25) is 0 Å².